The minimum Gasteiger partial charge on any atom is -0.399 e. The van der Waals surface area contributed by atoms with E-state index in [-0.39, 0.29) is 5.91 Å². The zero-order chi connectivity index (χ0) is 12.3. The van der Waals surface area contributed by atoms with Gasteiger partial charge in [0, 0.05) is 20.5 Å². The quantitative estimate of drug-likeness (QED) is 0.653. The van der Waals surface area contributed by atoms with Crippen LogP contribution in [-0.2, 0) is 0 Å². The fourth-order valence-corrected chi connectivity index (χ4v) is 1.95. The molecule has 0 radical (unpaired) electrons. The van der Waals surface area contributed by atoms with Crippen LogP contribution in [0.4, 0.5) is 11.4 Å². The van der Waals surface area contributed by atoms with Crippen molar-refractivity contribution in [1.82, 2.24) is 0 Å². The third-order valence-electron chi connectivity index (χ3n) is 2.26. The third-order valence-corrected chi connectivity index (χ3v) is 2.93. The smallest absolute Gasteiger partial charge is 0.255 e. The molecule has 17 heavy (non-hydrogen) atoms. The van der Waals surface area contributed by atoms with E-state index in [1.165, 1.54) is 0 Å². The van der Waals surface area contributed by atoms with Crippen molar-refractivity contribution < 1.29 is 4.79 Å². The molecule has 0 spiro atoms. The minimum absolute atomic E-state index is 0.132. The largest absolute Gasteiger partial charge is 0.399 e. The highest BCUT2D eigenvalue weighted by molar-refractivity contribution is 14.1. The Labute approximate surface area is 113 Å². The van der Waals surface area contributed by atoms with E-state index in [1.54, 1.807) is 24.3 Å². The fraction of sp³-hybridized carbons (Fsp3) is 0. The lowest BCUT2D eigenvalue weighted by molar-refractivity contribution is 0.102. The van der Waals surface area contributed by atoms with Crippen molar-refractivity contribution in [3.05, 3.63) is 57.7 Å². The average Bonchev–Trinajstić information content (AvgIpc) is 2.29. The van der Waals surface area contributed by atoms with Crippen LogP contribution in [0.25, 0.3) is 0 Å². The van der Waals surface area contributed by atoms with Gasteiger partial charge in [-0.2, -0.15) is 0 Å². The lowest BCUT2D eigenvalue weighted by atomic mass is 10.2. The number of hydrogen-bond acceptors (Lipinski definition) is 2. The maximum Gasteiger partial charge on any atom is 0.255 e. The summed E-state index contributed by atoms with van der Waals surface area (Å²) in [6, 6.07) is 14.5. The molecule has 0 heterocycles. The van der Waals surface area contributed by atoms with Gasteiger partial charge in [-0.25, -0.2) is 0 Å². The molecule has 2 rings (SSSR count). The summed E-state index contributed by atoms with van der Waals surface area (Å²) in [6.07, 6.45) is 0. The predicted molar refractivity (Wildman–Crippen MR) is 78.0 cm³/mol. The summed E-state index contributed by atoms with van der Waals surface area (Å²) < 4.78 is 1.08. The third kappa shape index (κ3) is 3.20. The van der Waals surface area contributed by atoms with E-state index < -0.39 is 0 Å². The van der Waals surface area contributed by atoms with Gasteiger partial charge in [0.15, 0.2) is 0 Å². The normalized spacial score (nSPS) is 9.94. The van der Waals surface area contributed by atoms with E-state index in [0.717, 1.165) is 9.26 Å². The minimum atomic E-state index is -0.132. The zero-order valence-electron chi connectivity index (χ0n) is 8.98. The molecule has 0 aliphatic carbocycles. The summed E-state index contributed by atoms with van der Waals surface area (Å²) in [5.41, 5.74) is 7.60. The molecule has 0 saturated carbocycles. The standard InChI is InChI=1S/C13H11IN2O/c14-10-2-1-3-12(8-10)16-13(17)9-4-6-11(15)7-5-9/h1-8H,15H2,(H,16,17). The van der Waals surface area contributed by atoms with Gasteiger partial charge in [-0.05, 0) is 65.1 Å². The van der Waals surface area contributed by atoms with Crippen molar-refractivity contribution in [2.75, 3.05) is 11.1 Å². The second kappa shape index (κ2) is 5.18. The van der Waals surface area contributed by atoms with Crippen LogP contribution in [0.15, 0.2) is 48.5 Å². The first-order valence-electron chi connectivity index (χ1n) is 5.07. The molecular weight excluding hydrogens is 327 g/mol. The van der Waals surface area contributed by atoms with Crippen LogP contribution >= 0.6 is 22.6 Å². The van der Waals surface area contributed by atoms with Crippen LogP contribution in [0.2, 0.25) is 0 Å². The van der Waals surface area contributed by atoms with Crippen LogP contribution < -0.4 is 11.1 Å². The SMILES string of the molecule is Nc1ccc(C(=O)Nc2cccc(I)c2)cc1. The number of anilines is 2. The van der Waals surface area contributed by atoms with Crippen molar-refractivity contribution in [1.29, 1.82) is 0 Å². The van der Waals surface area contributed by atoms with Gasteiger partial charge in [0.1, 0.15) is 0 Å². The summed E-state index contributed by atoms with van der Waals surface area (Å²) in [4.78, 5) is 11.9. The molecule has 86 valence electrons. The molecule has 4 heteroatoms. The van der Waals surface area contributed by atoms with Crippen LogP contribution in [0, 0.1) is 3.57 Å². The Morgan fingerprint density at radius 1 is 1.12 bits per heavy atom. The highest BCUT2D eigenvalue weighted by Gasteiger charge is 2.05. The van der Waals surface area contributed by atoms with Gasteiger partial charge in [-0.3, -0.25) is 4.79 Å². The van der Waals surface area contributed by atoms with E-state index in [1.807, 2.05) is 24.3 Å². The number of benzene rings is 2. The number of nitrogen functional groups attached to an aromatic ring is 1. The summed E-state index contributed by atoms with van der Waals surface area (Å²) in [6.45, 7) is 0. The van der Waals surface area contributed by atoms with Crippen molar-refractivity contribution in [3.63, 3.8) is 0 Å². The number of hydrogen-bond donors (Lipinski definition) is 2. The first-order valence-corrected chi connectivity index (χ1v) is 6.15. The van der Waals surface area contributed by atoms with Crippen LogP contribution in [0.5, 0.6) is 0 Å². The van der Waals surface area contributed by atoms with Crippen LogP contribution in [-0.4, -0.2) is 5.91 Å². The summed E-state index contributed by atoms with van der Waals surface area (Å²) in [5, 5.41) is 2.83. The number of halogens is 1. The van der Waals surface area contributed by atoms with Crippen LogP contribution in [0.1, 0.15) is 10.4 Å². The van der Waals surface area contributed by atoms with Crippen molar-refractivity contribution in [3.8, 4) is 0 Å². The van der Waals surface area contributed by atoms with E-state index in [0.29, 0.717) is 11.3 Å². The Bertz CT molecular complexity index is 537. The van der Waals surface area contributed by atoms with Crippen molar-refractivity contribution in [2.45, 2.75) is 0 Å². The van der Waals surface area contributed by atoms with Crippen molar-refractivity contribution >= 4 is 39.9 Å². The van der Waals surface area contributed by atoms with E-state index in [4.69, 9.17) is 5.73 Å². The summed E-state index contributed by atoms with van der Waals surface area (Å²) in [7, 11) is 0. The number of nitrogens with two attached hydrogens (primary N) is 1. The maximum atomic E-state index is 11.9. The molecule has 2 aromatic rings. The molecule has 0 atom stereocenters. The van der Waals surface area contributed by atoms with Gasteiger partial charge in [0.2, 0.25) is 0 Å². The Morgan fingerprint density at radius 2 is 1.82 bits per heavy atom. The number of amides is 1. The van der Waals surface area contributed by atoms with E-state index in [9.17, 15) is 4.79 Å². The molecule has 0 aliphatic rings. The number of rotatable bonds is 2. The van der Waals surface area contributed by atoms with E-state index >= 15 is 0 Å². The van der Waals surface area contributed by atoms with Crippen LogP contribution in [0.3, 0.4) is 0 Å². The van der Waals surface area contributed by atoms with Crippen molar-refractivity contribution in [2.24, 2.45) is 0 Å². The fourth-order valence-electron chi connectivity index (χ4n) is 1.40. The molecule has 0 bridgehead atoms. The molecule has 0 aliphatic heterocycles. The molecule has 0 aromatic heterocycles. The summed E-state index contributed by atoms with van der Waals surface area (Å²) >= 11 is 2.20. The monoisotopic (exact) mass is 338 g/mol. The topological polar surface area (TPSA) is 55.1 Å². The summed E-state index contributed by atoms with van der Waals surface area (Å²) in [5.74, 6) is -0.132. The lowest BCUT2D eigenvalue weighted by Crippen LogP contribution is -2.11. The maximum absolute atomic E-state index is 11.9. The Balaban J connectivity index is 2.14. The molecule has 0 saturated heterocycles. The Morgan fingerprint density at radius 3 is 2.47 bits per heavy atom. The first kappa shape index (κ1) is 11.9. The Kier molecular flexibility index (Phi) is 3.63. The van der Waals surface area contributed by atoms with Gasteiger partial charge in [-0.15, -0.1) is 0 Å². The molecule has 3 N–H and O–H groups in total. The number of carbonyl (C=O) groups is 1. The van der Waals surface area contributed by atoms with Gasteiger partial charge < -0.3 is 11.1 Å². The average molecular weight is 338 g/mol. The first-order chi connectivity index (χ1) is 8.15. The Hall–Kier alpha value is -1.56. The second-order valence-electron chi connectivity index (χ2n) is 3.59. The highest BCUT2D eigenvalue weighted by atomic mass is 127. The van der Waals surface area contributed by atoms with Gasteiger partial charge >= 0.3 is 0 Å². The molecule has 1 amide bonds. The second-order valence-corrected chi connectivity index (χ2v) is 4.83. The molecule has 0 unspecified atom stereocenters. The number of nitrogens with one attached hydrogen (secondary N) is 1. The van der Waals surface area contributed by atoms with E-state index in [2.05, 4.69) is 27.9 Å². The van der Waals surface area contributed by atoms with Gasteiger partial charge in [0.25, 0.3) is 5.91 Å². The number of carbonyl (C=O) groups excluding carboxylic acids is 1. The molecular formula is C13H11IN2O. The zero-order valence-corrected chi connectivity index (χ0v) is 11.1. The molecule has 3 nitrogen and oxygen atoms in total. The lowest BCUT2D eigenvalue weighted by Gasteiger charge is -2.05. The molecule has 2 aromatic carbocycles. The predicted octanol–water partition coefficient (Wildman–Crippen LogP) is 3.13. The van der Waals surface area contributed by atoms with Gasteiger partial charge in [-0.1, -0.05) is 6.07 Å². The molecule has 0 fully saturated rings. The van der Waals surface area contributed by atoms with Gasteiger partial charge in [0.05, 0.1) is 0 Å². The highest BCUT2D eigenvalue weighted by Crippen LogP contribution is 2.14.